The van der Waals surface area contributed by atoms with Crippen molar-refractivity contribution in [1.29, 1.82) is 0 Å². The highest BCUT2D eigenvalue weighted by molar-refractivity contribution is 7.90. The molecular weight excluding hydrogens is 449 g/mol. The highest BCUT2D eigenvalue weighted by Crippen LogP contribution is 2.32. The predicted molar refractivity (Wildman–Crippen MR) is 119 cm³/mol. The van der Waals surface area contributed by atoms with E-state index in [1.165, 1.54) is 31.6 Å². The molecule has 0 spiro atoms. The smallest absolute Gasteiger partial charge is 0.264 e. The number of carbonyl (C=O) groups is 1. The number of halogens is 1. The number of benzene rings is 1. The Labute approximate surface area is 191 Å². The lowest BCUT2D eigenvalue weighted by Gasteiger charge is -2.29. The zero-order valence-electron chi connectivity index (χ0n) is 18.3. The standard InChI is InChI=1S/C22H24FN5O4S/c1-3-19(29)27-33(30,31)15-4-5-16(18(23)12-15)20-21-17(6-9-24-20)22(26-13-25-21)32-14-7-10-28(2)11-8-14/h4-6,9,12-14H,3,7-8,10-11H2,1-2H3,(H,27,29). The topological polar surface area (TPSA) is 114 Å². The molecule has 11 heteroatoms. The fraction of sp³-hybridized carbons (Fsp3) is 0.364. The number of hydrogen-bond donors (Lipinski definition) is 1. The number of piperidine rings is 1. The third-order valence-corrected chi connectivity index (χ3v) is 6.91. The quantitative estimate of drug-likeness (QED) is 0.581. The van der Waals surface area contributed by atoms with Gasteiger partial charge in [0.15, 0.2) is 0 Å². The molecule has 33 heavy (non-hydrogen) atoms. The molecule has 1 amide bonds. The van der Waals surface area contributed by atoms with Gasteiger partial charge in [-0.15, -0.1) is 0 Å². The number of sulfonamides is 1. The molecule has 1 aliphatic heterocycles. The molecule has 2 aromatic heterocycles. The molecule has 1 fully saturated rings. The first-order valence-electron chi connectivity index (χ1n) is 10.6. The normalized spacial score (nSPS) is 15.5. The Hall–Kier alpha value is -3.18. The summed E-state index contributed by atoms with van der Waals surface area (Å²) in [6.07, 6.45) is 4.61. The van der Waals surface area contributed by atoms with Crippen molar-refractivity contribution in [3.63, 3.8) is 0 Å². The number of likely N-dealkylation sites (tertiary alicyclic amines) is 1. The van der Waals surface area contributed by atoms with Gasteiger partial charge >= 0.3 is 0 Å². The monoisotopic (exact) mass is 473 g/mol. The van der Waals surface area contributed by atoms with Gasteiger partial charge in [0.25, 0.3) is 10.0 Å². The average molecular weight is 474 g/mol. The fourth-order valence-electron chi connectivity index (χ4n) is 3.65. The van der Waals surface area contributed by atoms with E-state index >= 15 is 4.39 Å². The van der Waals surface area contributed by atoms with Crippen molar-refractivity contribution >= 4 is 26.8 Å². The van der Waals surface area contributed by atoms with Crippen LogP contribution in [0.5, 0.6) is 5.88 Å². The highest BCUT2D eigenvalue weighted by atomic mass is 32.2. The third-order valence-electron chi connectivity index (χ3n) is 5.54. The van der Waals surface area contributed by atoms with Crippen LogP contribution >= 0.6 is 0 Å². The minimum absolute atomic E-state index is 0.0125. The molecule has 0 bridgehead atoms. The molecular formula is C22H24FN5O4S. The van der Waals surface area contributed by atoms with Gasteiger partial charge < -0.3 is 9.64 Å². The molecule has 0 unspecified atom stereocenters. The fourth-order valence-corrected chi connectivity index (χ4v) is 4.72. The average Bonchev–Trinajstić information content (AvgIpc) is 2.80. The molecule has 0 aliphatic carbocycles. The van der Waals surface area contributed by atoms with Crippen molar-refractivity contribution in [2.24, 2.45) is 0 Å². The highest BCUT2D eigenvalue weighted by Gasteiger charge is 2.23. The van der Waals surface area contributed by atoms with Crippen molar-refractivity contribution in [3.05, 3.63) is 42.6 Å². The maximum Gasteiger partial charge on any atom is 0.264 e. The molecule has 3 aromatic rings. The Kier molecular flexibility index (Phi) is 6.52. The van der Waals surface area contributed by atoms with Gasteiger partial charge in [0.2, 0.25) is 11.8 Å². The van der Waals surface area contributed by atoms with E-state index in [2.05, 4.69) is 26.9 Å². The lowest BCUT2D eigenvalue weighted by Crippen LogP contribution is -2.35. The van der Waals surface area contributed by atoms with Gasteiger partial charge in [-0.25, -0.2) is 27.5 Å². The van der Waals surface area contributed by atoms with E-state index in [1.54, 1.807) is 6.07 Å². The molecule has 0 saturated carbocycles. The number of hydrogen-bond acceptors (Lipinski definition) is 8. The van der Waals surface area contributed by atoms with Crippen molar-refractivity contribution in [1.82, 2.24) is 24.6 Å². The van der Waals surface area contributed by atoms with E-state index in [9.17, 15) is 13.2 Å². The molecule has 1 N–H and O–H groups in total. The zero-order valence-corrected chi connectivity index (χ0v) is 19.1. The van der Waals surface area contributed by atoms with Crippen molar-refractivity contribution in [3.8, 4) is 17.1 Å². The molecule has 1 saturated heterocycles. The summed E-state index contributed by atoms with van der Waals surface area (Å²) in [7, 11) is -2.11. The third kappa shape index (κ3) is 4.93. The van der Waals surface area contributed by atoms with Gasteiger partial charge in [0.1, 0.15) is 23.8 Å². The Balaban J connectivity index is 1.68. The van der Waals surface area contributed by atoms with Crippen molar-refractivity contribution in [2.75, 3.05) is 20.1 Å². The minimum atomic E-state index is -4.17. The van der Waals surface area contributed by atoms with Gasteiger partial charge in [-0.1, -0.05) is 6.92 Å². The molecule has 0 atom stereocenters. The van der Waals surface area contributed by atoms with Crippen LogP contribution in [-0.4, -0.2) is 60.4 Å². The van der Waals surface area contributed by atoms with E-state index in [4.69, 9.17) is 4.74 Å². The van der Waals surface area contributed by atoms with Gasteiger partial charge in [-0.3, -0.25) is 9.78 Å². The summed E-state index contributed by atoms with van der Waals surface area (Å²) >= 11 is 0. The molecule has 1 aliphatic rings. The van der Waals surface area contributed by atoms with Gasteiger partial charge in [0.05, 0.1) is 16.0 Å². The number of aromatic nitrogens is 3. The molecule has 3 heterocycles. The molecule has 9 nitrogen and oxygen atoms in total. The summed E-state index contributed by atoms with van der Waals surface area (Å²) in [5.41, 5.74) is 0.705. The first-order chi connectivity index (χ1) is 15.8. The second kappa shape index (κ2) is 9.36. The summed E-state index contributed by atoms with van der Waals surface area (Å²) in [6, 6.07) is 5.10. The van der Waals surface area contributed by atoms with Crippen LogP contribution in [-0.2, 0) is 14.8 Å². The maximum absolute atomic E-state index is 15.0. The van der Waals surface area contributed by atoms with Crippen molar-refractivity contribution < 1.29 is 22.3 Å². The van der Waals surface area contributed by atoms with E-state index in [-0.39, 0.29) is 28.7 Å². The summed E-state index contributed by atoms with van der Waals surface area (Å²) in [5, 5.41) is 0.590. The molecule has 174 valence electrons. The maximum atomic E-state index is 15.0. The number of ether oxygens (including phenoxy) is 1. The van der Waals surface area contributed by atoms with Crippen LogP contribution < -0.4 is 9.46 Å². The second-order valence-electron chi connectivity index (χ2n) is 7.88. The second-order valence-corrected chi connectivity index (χ2v) is 9.56. The Bertz CT molecular complexity index is 1290. The van der Waals surface area contributed by atoms with Gasteiger partial charge in [0, 0.05) is 31.3 Å². The van der Waals surface area contributed by atoms with Gasteiger partial charge in [-0.05, 0) is 44.2 Å². The van der Waals surface area contributed by atoms with Crippen LogP contribution in [0.3, 0.4) is 0 Å². The molecule has 0 radical (unpaired) electrons. The van der Waals surface area contributed by atoms with Gasteiger partial charge in [-0.2, -0.15) is 0 Å². The summed E-state index contributed by atoms with van der Waals surface area (Å²) in [6.45, 7) is 3.38. The SMILES string of the molecule is CCC(=O)NS(=O)(=O)c1ccc(-c2nccc3c(OC4CCN(C)CC4)ncnc23)c(F)c1. The van der Waals surface area contributed by atoms with Crippen LogP contribution in [0.1, 0.15) is 26.2 Å². The number of carbonyl (C=O) groups excluding carboxylic acids is 1. The van der Waals surface area contributed by atoms with E-state index in [0.29, 0.717) is 16.8 Å². The lowest BCUT2D eigenvalue weighted by atomic mass is 10.1. The first-order valence-corrected chi connectivity index (χ1v) is 12.1. The van der Waals surface area contributed by atoms with E-state index < -0.39 is 21.7 Å². The molecule has 1 aromatic carbocycles. The van der Waals surface area contributed by atoms with Crippen LogP contribution in [0, 0.1) is 5.82 Å². The number of pyridine rings is 1. The van der Waals surface area contributed by atoms with Crippen LogP contribution in [0.15, 0.2) is 41.7 Å². The van der Waals surface area contributed by atoms with Crippen LogP contribution in [0.25, 0.3) is 22.2 Å². The van der Waals surface area contributed by atoms with Crippen molar-refractivity contribution in [2.45, 2.75) is 37.2 Å². The van der Waals surface area contributed by atoms with Crippen LogP contribution in [0.2, 0.25) is 0 Å². The van der Waals surface area contributed by atoms with Crippen LogP contribution in [0.4, 0.5) is 4.39 Å². The Morgan fingerprint density at radius 3 is 2.67 bits per heavy atom. The summed E-state index contributed by atoms with van der Waals surface area (Å²) in [5.74, 6) is -1.08. The lowest BCUT2D eigenvalue weighted by molar-refractivity contribution is -0.119. The summed E-state index contributed by atoms with van der Waals surface area (Å²) in [4.78, 5) is 26.2. The largest absolute Gasteiger partial charge is 0.474 e. The predicted octanol–water partition coefficient (Wildman–Crippen LogP) is 2.52. The zero-order chi connectivity index (χ0) is 23.6. The number of nitrogens with zero attached hydrogens (tertiary/aromatic N) is 4. The summed E-state index contributed by atoms with van der Waals surface area (Å²) < 4.78 is 47.7. The number of fused-ring (bicyclic) bond motifs is 1. The van der Waals surface area contributed by atoms with E-state index in [1.807, 2.05) is 4.72 Å². The Morgan fingerprint density at radius 1 is 1.21 bits per heavy atom. The minimum Gasteiger partial charge on any atom is -0.474 e. The number of rotatable bonds is 6. The Morgan fingerprint density at radius 2 is 1.97 bits per heavy atom. The first kappa shape index (κ1) is 23.0. The number of amides is 1. The molecule has 4 rings (SSSR count). The van der Waals surface area contributed by atoms with E-state index in [0.717, 1.165) is 32.0 Å². The number of nitrogens with one attached hydrogen (secondary N) is 1.